The van der Waals surface area contributed by atoms with Gasteiger partial charge in [0, 0.05) is 18.7 Å². The molecule has 1 N–H and O–H groups in total. The summed E-state index contributed by atoms with van der Waals surface area (Å²) in [6.45, 7) is 3.18. The van der Waals surface area contributed by atoms with Crippen LogP contribution in [0.2, 0.25) is 0 Å². The van der Waals surface area contributed by atoms with Crippen molar-refractivity contribution in [2.45, 2.75) is 18.9 Å². The molecule has 0 radical (unpaired) electrons. The first kappa shape index (κ1) is 12.4. The van der Waals surface area contributed by atoms with E-state index in [4.69, 9.17) is 4.74 Å². The summed E-state index contributed by atoms with van der Waals surface area (Å²) < 4.78 is 7.20. The van der Waals surface area contributed by atoms with Crippen molar-refractivity contribution in [3.05, 3.63) is 48.3 Å². The molecule has 0 bridgehead atoms. The highest BCUT2D eigenvalue weighted by Crippen LogP contribution is 2.35. The van der Waals surface area contributed by atoms with Gasteiger partial charge in [-0.1, -0.05) is 18.2 Å². The van der Waals surface area contributed by atoms with Crippen LogP contribution >= 0.6 is 0 Å². The number of ether oxygens (including phenoxy) is 1. The zero-order valence-electron chi connectivity index (χ0n) is 11.0. The Bertz CT molecular complexity index is 542. The van der Waals surface area contributed by atoms with Gasteiger partial charge in [-0.3, -0.25) is 0 Å². The van der Waals surface area contributed by atoms with Gasteiger partial charge in [0.2, 0.25) is 0 Å². The van der Waals surface area contributed by atoms with Gasteiger partial charge in [0.15, 0.2) is 0 Å². The second-order valence-corrected chi connectivity index (χ2v) is 5.17. The molecule has 19 heavy (non-hydrogen) atoms. The van der Waals surface area contributed by atoms with Crippen LogP contribution in [0, 0.1) is 5.92 Å². The van der Waals surface area contributed by atoms with Crippen molar-refractivity contribution in [1.29, 1.82) is 0 Å². The van der Waals surface area contributed by atoms with E-state index in [9.17, 15) is 5.11 Å². The molecule has 0 amide bonds. The molecule has 3 rings (SSSR count). The fraction of sp³-hybridized carbons (Fsp3) is 0.400. The Morgan fingerprint density at radius 3 is 2.79 bits per heavy atom. The summed E-state index contributed by atoms with van der Waals surface area (Å²) in [6.07, 6.45) is 2.61. The molecule has 1 aliphatic heterocycles. The molecule has 2 unspecified atom stereocenters. The molecular formula is C15H18N2O2. The molecule has 2 atom stereocenters. The van der Waals surface area contributed by atoms with Crippen molar-refractivity contribution >= 4 is 0 Å². The first-order chi connectivity index (χ1) is 9.19. The Hall–Kier alpha value is -1.65. The Morgan fingerprint density at radius 2 is 2.11 bits per heavy atom. The van der Waals surface area contributed by atoms with Gasteiger partial charge in [-0.05, 0) is 31.5 Å². The molecule has 2 heterocycles. The van der Waals surface area contributed by atoms with Crippen LogP contribution in [0.1, 0.15) is 19.0 Å². The molecule has 4 nitrogen and oxygen atoms in total. The molecule has 100 valence electrons. The molecule has 1 aromatic heterocycles. The first-order valence-electron chi connectivity index (χ1n) is 6.59. The zero-order chi connectivity index (χ0) is 13.3. The molecule has 1 aromatic carbocycles. The second-order valence-electron chi connectivity index (χ2n) is 5.17. The highest BCUT2D eigenvalue weighted by atomic mass is 16.5. The van der Waals surface area contributed by atoms with E-state index in [1.165, 1.54) is 0 Å². The van der Waals surface area contributed by atoms with Gasteiger partial charge in [0.05, 0.1) is 18.0 Å². The Labute approximate surface area is 112 Å². The smallest absolute Gasteiger partial charge is 0.109 e. The van der Waals surface area contributed by atoms with Gasteiger partial charge in [-0.2, -0.15) is 5.10 Å². The molecule has 1 aliphatic rings. The molecule has 0 spiro atoms. The van der Waals surface area contributed by atoms with Crippen molar-refractivity contribution in [1.82, 2.24) is 9.78 Å². The summed E-state index contributed by atoms with van der Waals surface area (Å²) in [5.41, 5.74) is 0.846. The number of hydrogen-bond acceptors (Lipinski definition) is 3. The third-order valence-corrected chi connectivity index (χ3v) is 3.89. The lowest BCUT2D eigenvalue weighted by atomic mass is 9.85. The van der Waals surface area contributed by atoms with E-state index in [0.717, 1.165) is 24.4 Å². The monoisotopic (exact) mass is 258 g/mol. The van der Waals surface area contributed by atoms with Crippen molar-refractivity contribution in [2.24, 2.45) is 5.92 Å². The third-order valence-electron chi connectivity index (χ3n) is 3.89. The van der Waals surface area contributed by atoms with Crippen molar-refractivity contribution in [3.63, 3.8) is 0 Å². The maximum atomic E-state index is 10.9. The van der Waals surface area contributed by atoms with E-state index in [1.807, 2.05) is 43.3 Å². The summed E-state index contributed by atoms with van der Waals surface area (Å²) in [7, 11) is 0. The van der Waals surface area contributed by atoms with Crippen LogP contribution in [0.5, 0.6) is 0 Å². The van der Waals surface area contributed by atoms with Gasteiger partial charge in [0.1, 0.15) is 5.60 Å². The summed E-state index contributed by atoms with van der Waals surface area (Å²) in [5.74, 6) is 0.117. The average Bonchev–Trinajstić information content (AvgIpc) is 3.11. The fourth-order valence-electron chi connectivity index (χ4n) is 2.65. The van der Waals surface area contributed by atoms with Gasteiger partial charge in [0.25, 0.3) is 0 Å². The normalized spacial score (nSPS) is 22.3. The predicted octanol–water partition coefficient (Wildman–Crippen LogP) is 2.12. The largest absolute Gasteiger partial charge is 0.383 e. The fourth-order valence-corrected chi connectivity index (χ4v) is 2.65. The minimum atomic E-state index is -0.928. The number of aromatic nitrogens is 2. The molecule has 2 aromatic rings. The maximum absolute atomic E-state index is 10.9. The number of nitrogens with zero attached hydrogens (tertiary/aromatic N) is 2. The Balaban J connectivity index is 2.00. The molecule has 0 saturated carbocycles. The molecule has 0 aliphatic carbocycles. The van der Waals surface area contributed by atoms with Crippen molar-refractivity contribution in [3.8, 4) is 5.69 Å². The van der Waals surface area contributed by atoms with E-state index >= 15 is 0 Å². The van der Waals surface area contributed by atoms with Crippen LogP contribution in [0.4, 0.5) is 0 Å². The predicted molar refractivity (Wildman–Crippen MR) is 72.1 cm³/mol. The van der Waals surface area contributed by atoms with E-state index in [-0.39, 0.29) is 5.92 Å². The van der Waals surface area contributed by atoms with Gasteiger partial charge < -0.3 is 9.84 Å². The quantitative estimate of drug-likeness (QED) is 0.917. The average molecular weight is 258 g/mol. The molecule has 1 saturated heterocycles. The van der Waals surface area contributed by atoms with E-state index in [0.29, 0.717) is 6.61 Å². The number of para-hydroxylation sites is 1. The Morgan fingerprint density at radius 1 is 1.32 bits per heavy atom. The lowest BCUT2D eigenvalue weighted by Crippen LogP contribution is -2.34. The van der Waals surface area contributed by atoms with Crippen molar-refractivity contribution < 1.29 is 9.84 Å². The van der Waals surface area contributed by atoms with Gasteiger partial charge >= 0.3 is 0 Å². The zero-order valence-corrected chi connectivity index (χ0v) is 11.0. The van der Waals surface area contributed by atoms with Crippen LogP contribution in [0.3, 0.4) is 0 Å². The van der Waals surface area contributed by atoms with Crippen LogP contribution in [-0.2, 0) is 10.3 Å². The van der Waals surface area contributed by atoms with Crippen LogP contribution in [-0.4, -0.2) is 28.1 Å². The molecular weight excluding hydrogens is 240 g/mol. The topological polar surface area (TPSA) is 47.3 Å². The van der Waals surface area contributed by atoms with Crippen LogP contribution < -0.4 is 0 Å². The molecule has 4 heteroatoms. The Kier molecular flexibility index (Phi) is 3.12. The van der Waals surface area contributed by atoms with Gasteiger partial charge in [-0.15, -0.1) is 0 Å². The SMILES string of the molecule is CC(O)(c1ccnn1-c1ccccc1)C1CCOC1. The third kappa shape index (κ3) is 2.17. The summed E-state index contributed by atoms with van der Waals surface area (Å²) in [4.78, 5) is 0. The second kappa shape index (κ2) is 4.79. The van der Waals surface area contributed by atoms with Crippen LogP contribution in [0.25, 0.3) is 5.69 Å². The number of rotatable bonds is 3. The van der Waals surface area contributed by atoms with Crippen molar-refractivity contribution in [2.75, 3.05) is 13.2 Å². The number of benzene rings is 1. The minimum Gasteiger partial charge on any atom is -0.383 e. The number of aliphatic hydroxyl groups is 1. The minimum absolute atomic E-state index is 0.117. The summed E-state index contributed by atoms with van der Waals surface area (Å²) in [5, 5.41) is 15.2. The lowest BCUT2D eigenvalue weighted by molar-refractivity contribution is -0.0154. The summed E-state index contributed by atoms with van der Waals surface area (Å²) in [6, 6.07) is 11.7. The van der Waals surface area contributed by atoms with Gasteiger partial charge in [-0.25, -0.2) is 4.68 Å². The number of hydrogen-bond donors (Lipinski definition) is 1. The standard InChI is InChI=1S/C15H18N2O2/c1-15(18,12-8-10-19-11-12)14-7-9-16-17(14)13-5-3-2-4-6-13/h2-7,9,12,18H,8,10-11H2,1H3. The van der Waals surface area contributed by atoms with E-state index in [1.54, 1.807) is 10.9 Å². The highest BCUT2D eigenvalue weighted by molar-refractivity contribution is 5.34. The lowest BCUT2D eigenvalue weighted by Gasteiger charge is -2.29. The highest BCUT2D eigenvalue weighted by Gasteiger charge is 2.38. The molecule has 1 fully saturated rings. The van der Waals surface area contributed by atoms with E-state index in [2.05, 4.69) is 5.10 Å². The summed E-state index contributed by atoms with van der Waals surface area (Å²) >= 11 is 0. The maximum Gasteiger partial charge on any atom is 0.109 e. The van der Waals surface area contributed by atoms with Crippen LogP contribution in [0.15, 0.2) is 42.6 Å². The first-order valence-corrected chi connectivity index (χ1v) is 6.59. The van der Waals surface area contributed by atoms with E-state index < -0.39 is 5.60 Å².